The molecule has 1 fully saturated rings. The standard InChI is InChI=1S/C19H25N3O2S/c1-12-8-15(9-13(2)20-12)10-24-19(23)22-17-7-5-4-6-16(17)18-21-14(3)11-25-18/h4-7,11-13,15,20H,8-10H2,1-3H3,(H,22,23)/t12-,13+,15?. The monoisotopic (exact) mass is 359 g/mol. The van der Waals surface area contributed by atoms with E-state index in [0.717, 1.165) is 34.8 Å². The summed E-state index contributed by atoms with van der Waals surface area (Å²) in [7, 11) is 0. The fraction of sp³-hybridized carbons (Fsp3) is 0.474. The van der Waals surface area contributed by atoms with Gasteiger partial charge in [0, 0.05) is 28.7 Å². The van der Waals surface area contributed by atoms with Crippen molar-refractivity contribution in [1.29, 1.82) is 0 Å². The van der Waals surface area contributed by atoms with E-state index in [0.29, 0.717) is 24.6 Å². The van der Waals surface area contributed by atoms with E-state index in [1.54, 1.807) is 11.3 Å². The molecule has 0 saturated carbocycles. The van der Waals surface area contributed by atoms with Crippen LogP contribution in [0.2, 0.25) is 0 Å². The highest BCUT2D eigenvalue weighted by Crippen LogP contribution is 2.30. The zero-order valence-electron chi connectivity index (χ0n) is 14.9. The van der Waals surface area contributed by atoms with Gasteiger partial charge in [0.2, 0.25) is 0 Å². The van der Waals surface area contributed by atoms with Gasteiger partial charge in [0.05, 0.1) is 12.3 Å². The first-order chi connectivity index (χ1) is 12.0. The summed E-state index contributed by atoms with van der Waals surface area (Å²) in [5, 5.41) is 9.27. The number of aryl methyl sites for hydroxylation is 1. The molecule has 3 rings (SSSR count). The number of ether oxygens (including phenoxy) is 1. The molecular weight excluding hydrogens is 334 g/mol. The van der Waals surface area contributed by atoms with Crippen LogP contribution < -0.4 is 10.6 Å². The molecular formula is C19H25N3O2S. The quantitative estimate of drug-likeness (QED) is 0.847. The van der Waals surface area contributed by atoms with Crippen LogP contribution in [-0.2, 0) is 4.74 Å². The lowest BCUT2D eigenvalue weighted by Gasteiger charge is -2.32. The normalized spacial score (nSPS) is 23.2. The van der Waals surface area contributed by atoms with E-state index in [9.17, 15) is 4.79 Å². The minimum absolute atomic E-state index is 0.403. The van der Waals surface area contributed by atoms with E-state index in [1.807, 2.05) is 36.6 Å². The molecule has 1 aliphatic heterocycles. The first-order valence-corrected chi connectivity index (χ1v) is 9.60. The largest absolute Gasteiger partial charge is 0.449 e. The van der Waals surface area contributed by atoms with Crippen LogP contribution in [0.4, 0.5) is 10.5 Å². The molecule has 1 amide bonds. The van der Waals surface area contributed by atoms with Crippen LogP contribution in [0.1, 0.15) is 32.4 Å². The molecule has 2 heterocycles. The average Bonchev–Trinajstić information content (AvgIpc) is 2.99. The number of aromatic nitrogens is 1. The van der Waals surface area contributed by atoms with Crippen molar-refractivity contribution in [1.82, 2.24) is 10.3 Å². The summed E-state index contributed by atoms with van der Waals surface area (Å²) in [6.07, 6.45) is 1.67. The second-order valence-electron chi connectivity index (χ2n) is 6.87. The highest BCUT2D eigenvalue weighted by atomic mass is 32.1. The Morgan fingerprint density at radius 2 is 2.04 bits per heavy atom. The Morgan fingerprint density at radius 1 is 1.32 bits per heavy atom. The first kappa shape index (κ1) is 17.9. The van der Waals surface area contributed by atoms with Crippen molar-refractivity contribution in [2.75, 3.05) is 11.9 Å². The number of thiazole rings is 1. The number of hydrogen-bond acceptors (Lipinski definition) is 5. The second-order valence-corrected chi connectivity index (χ2v) is 7.73. The summed E-state index contributed by atoms with van der Waals surface area (Å²) >= 11 is 1.57. The molecule has 134 valence electrons. The molecule has 0 spiro atoms. The Balaban J connectivity index is 1.60. The van der Waals surface area contributed by atoms with Gasteiger partial charge in [0.1, 0.15) is 5.01 Å². The average molecular weight is 359 g/mol. The van der Waals surface area contributed by atoms with Crippen LogP contribution in [0.15, 0.2) is 29.6 Å². The number of para-hydroxylation sites is 1. The van der Waals surface area contributed by atoms with E-state index >= 15 is 0 Å². The van der Waals surface area contributed by atoms with Crippen molar-refractivity contribution < 1.29 is 9.53 Å². The molecule has 1 aromatic heterocycles. The molecule has 0 aliphatic carbocycles. The first-order valence-electron chi connectivity index (χ1n) is 8.72. The molecule has 3 atom stereocenters. The number of benzene rings is 1. The molecule has 1 aliphatic rings. The topological polar surface area (TPSA) is 63.2 Å². The molecule has 1 saturated heterocycles. The molecule has 5 nitrogen and oxygen atoms in total. The van der Waals surface area contributed by atoms with Crippen LogP contribution in [0.25, 0.3) is 10.6 Å². The summed E-state index contributed by atoms with van der Waals surface area (Å²) in [4.78, 5) is 16.7. The third-order valence-corrected chi connectivity index (χ3v) is 5.40. The van der Waals surface area contributed by atoms with Crippen LogP contribution in [-0.4, -0.2) is 29.8 Å². The van der Waals surface area contributed by atoms with Gasteiger partial charge in [0.25, 0.3) is 0 Å². The molecule has 1 aromatic carbocycles. The molecule has 0 radical (unpaired) electrons. The van der Waals surface area contributed by atoms with Crippen molar-refractivity contribution in [3.8, 4) is 10.6 Å². The van der Waals surface area contributed by atoms with Crippen LogP contribution >= 0.6 is 11.3 Å². The lowest BCUT2D eigenvalue weighted by atomic mass is 9.90. The maximum atomic E-state index is 12.2. The number of carbonyl (C=O) groups is 1. The fourth-order valence-corrected chi connectivity index (χ4v) is 4.29. The molecule has 6 heteroatoms. The molecule has 2 aromatic rings. The smallest absolute Gasteiger partial charge is 0.411 e. The number of amides is 1. The molecule has 1 unspecified atom stereocenters. The minimum atomic E-state index is -0.403. The fourth-order valence-electron chi connectivity index (χ4n) is 3.45. The Labute approximate surface area is 152 Å². The number of rotatable bonds is 4. The zero-order valence-corrected chi connectivity index (χ0v) is 15.7. The van der Waals surface area contributed by atoms with Gasteiger partial charge in [0.15, 0.2) is 0 Å². The number of piperidine rings is 1. The van der Waals surface area contributed by atoms with Gasteiger partial charge < -0.3 is 10.1 Å². The van der Waals surface area contributed by atoms with Crippen molar-refractivity contribution in [3.05, 3.63) is 35.3 Å². The Bertz CT molecular complexity index is 721. The van der Waals surface area contributed by atoms with Gasteiger partial charge in [-0.2, -0.15) is 0 Å². The van der Waals surface area contributed by atoms with Crippen LogP contribution in [0.5, 0.6) is 0 Å². The van der Waals surface area contributed by atoms with E-state index in [2.05, 4.69) is 29.5 Å². The van der Waals surface area contributed by atoms with Gasteiger partial charge in [-0.15, -0.1) is 11.3 Å². The number of carbonyl (C=O) groups excluding carboxylic acids is 1. The number of anilines is 1. The number of nitrogens with zero attached hydrogens (tertiary/aromatic N) is 1. The van der Waals surface area contributed by atoms with Gasteiger partial charge in [-0.25, -0.2) is 9.78 Å². The molecule has 0 bridgehead atoms. The zero-order chi connectivity index (χ0) is 17.8. The summed E-state index contributed by atoms with van der Waals surface area (Å²) in [6, 6.07) is 8.62. The molecule has 2 N–H and O–H groups in total. The van der Waals surface area contributed by atoms with E-state index in [1.165, 1.54) is 0 Å². The maximum absolute atomic E-state index is 12.2. The van der Waals surface area contributed by atoms with Crippen molar-refractivity contribution >= 4 is 23.1 Å². The van der Waals surface area contributed by atoms with Crippen molar-refractivity contribution in [2.45, 2.75) is 45.7 Å². The number of nitrogens with one attached hydrogen (secondary N) is 2. The lowest BCUT2D eigenvalue weighted by Crippen LogP contribution is -2.43. The minimum Gasteiger partial charge on any atom is -0.449 e. The van der Waals surface area contributed by atoms with E-state index in [4.69, 9.17) is 4.74 Å². The third-order valence-electron chi connectivity index (χ3n) is 4.41. The highest BCUT2D eigenvalue weighted by Gasteiger charge is 2.24. The third kappa shape index (κ3) is 4.80. The Kier molecular flexibility index (Phi) is 5.71. The predicted molar refractivity (Wildman–Crippen MR) is 102 cm³/mol. The second kappa shape index (κ2) is 7.97. The predicted octanol–water partition coefficient (Wildman–Crippen LogP) is 4.44. The van der Waals surface area contributed by atoms with E-state index < -0.39 is 6.09 Å². The maximum Gasteiger partial charge on any atom is 0.411 e. The van der Waals surface area contributed by atoms with E-state index in [-0.39, 0.29) is 0 Å². The summed E-state index contributed by atoms with van der Waals surface area (Å²) in [5.41, 5.74) is 2.63. The highest BCUT2D eigenvalue weighted by molar-refractivity contribution is 7.13. The van der Waals surface area contributed by atoms with Crippen LogP contribution in [0, 0.1) is 12.8 Å². The summed E-state index contributed by atoms with van der Waals surface area (Å²) < 4.78 is 5.48. The van der Waals surface area contributed by atoms with Gasteiger partial charge in [-0.1, -0.05) is 12.1 Å². The number of hydrogen-bond donors (Lipinski definition) is 2. The SMILES string of the molecule is Cc1csc(-c2ccccc2NC(=O)OCC2C[C@@H](C)N[C@@H](C)C2)n1. The summed E-state index contributed by atoms with van der Waals surface area (Å²) in [5.74, 6) is 0.411. The van der Waals surface area contributed by atoms with Gasteiger partial charge in [-0.3, -0.25) is 5.32 Å². The van der Waals surface area contributed by atoms with Gasteiger partial charge >= 0.3 is 6.09 Å². The Hall–Kier alpha value is -1.92. The van der Waals surface area contributed by atoms with Crippen molar-refractivity contribution in [2.24, 2.45) is 5.92 Å². The Morgan fingerprint density at radius 3 is 2.72 bits per heavy atom. The lowest BCUT2D eigenvalue weighted by molar-refractivity contribution is 0.117. The van der Waals surface area contributed by atoms with Crippen molar-refractivity contribution in [3.63, 3.8) is 0 Å². The molecule has 25 heavy (non-hydrogen) atoms. The van der Waals surface area contributed by atoms with Gasteiger partial charge in [-0.05, 0) is 51.7 Å². The van der Waals surface area contributed by atoms with Crippen LogP contribution in [0.3, 0.4) is 0 Å². The summed E-state index contributed by atoms with van der Waals surface area (Å²) in [6.45, 7) is 6.77.